The van der Waals surface area contributed by atoms with E-state index in [4.69, 9.17) is 16.3 Å². The number of ether oxygens (including phenoxy) is 2. The number of benzene rings is 2. The fourth-order valence-corrected chi connectivity index (χ4v) is 3.11. The van der Waals surface area contributed by atoms with Crippen LogP contribution in [0.2, 0.25) is 5.02 Å². The van der Waals surface area contributed by atoms with E-state index in [1.165, 1.54) is 18.4 Å². The topological polar surface area (TPSA) is 77.5 Å². The van der Waals surface area contributed by atoms with Crippen LogP contribution >= 0.6 is 22.9 Å². The van der Waals surface area contributed by atoms with Gasteiger partial charge in [0.05, 0.1) is 22.9 Å². The number of anilines is 1. The summed E-state index contributed by atoms with van der Waals surface area (Å²) < 4.78 is 10.8. The van der Waals surface area contributed by atoms with Crippen molar-refractivity contribution >= 4 is 50.2 Å². The number of hydrogen-bond acceptors (Lipinski definition) is 6. The maximum Gasteiger partial charge on any atom is 0.337 e. The van der Waals surface area contributed by atoms with E-state index < -0.39 is 5.97 Å². The van der Waals surface area contributed by atoms with E-state index in [2.05, 4.69) is 15.0 Å². The molecule has 0 unspecified atom stereocenters. The molecule has 1 aromatic heterocycles. The molecular formula is C17H13ClN2O4S. The van der Waals surface area contributed by atoms with Crippen molar-refractivity contribution in [3.05, 3.63) is 53.1 Å². The minimum Gasteiger partial charge on any atom is -0.484 e. The summed E-state index contributed by atoms with van der Waals surface area (Å²) >= 11 is 7.06. The zero-order chi connectivity index (χ0) is 17.8. The smallest absolute Gasteiger partial charge is 0.337 e. The Balaban J connectivity index is 1.64. The second-order valence-corrected chi connectivity index (χ2v) is 6.45. The number of methoxy groups -OCH3 is 1. The van der Waals surface area contributed by atoms with Gasteiger partial charge in [0.15, 0.2) is 11.7 Å². The Hall–Kier alpha value is -2.64. The predicted octanol–water partition coefficient (Wildman–Crippen LogP) is 3.75. The van der Waals surface area contributed by atoms with Gasteiger partial charge in [-0.15, -0.1) is 0 Å². The van der Waals surface area contributed by atoms with Gasteiger partial charge in [-0.1, -0.05) is 22.9 Å². The molecule has 0 atom stereocenters. The second kappa shape index (κ2) is 7.50. The van der Waals surface area contributed by atoms with Crippen LogP contribution in [0.25, 0.3) is 10.2 Å². The van der Waals surface area contributed by atoms with Crippen LogP contribution in [0, 0.1) is 0 Å². The van der Waals surface area contributed by atoms with Crippen molar-refractivity contribution in [1.82, 2.24) is 4.98 Å². The molecule has 25 heavy (non-hydrogen) atoms. The molecule has 2 aromatic carbocycles. The molecule has 1 heterocycles. The summed E-state index contributed by atoms with van der Waals surface area (Å²) in [6, 6.07) is 11.7. The van der Waals surface area contributed by atoms with Gasteiger partial charge in [-0.05, 0) is 42.5 Å². The minimum absolute atomic E-state index is 0.148. The maximum absolute atomic E-state index is 12.0. The van der Waals surface area contributed by atoms with Crippen LogP contribution in [-0.4, -0.2) is 30.6 Å². The summed E-state index contributed by atoms with van der Waals surface area (Å²) in [5.41, 5.74) is 1.12. The van der Waals surface area contributed by atoms with Crippen LogP contribution in [0.1, 0.15) is 10.4 Å². The van der Waals surface area contributed by atoms with Gasteiger partial charge >= 0.3 is 5.97 Å². The molecule has 0 aliphatic rings. The summed E-state index contributed by atoms with van der Waals surface area (Å²) in [6.45, 7) is -0.148. The third-order valence-electron chi connectivity index (χ3n) is 3.24. The van der Waals surface area contributed by atoms with Crippen LogP contribution in [0.3, 0.4) is 0 Å². The van der Waals surface area contributed by atoms with Crippen molar-refractivity contribution in [3.8, 4) is 5.75 Å². The van der Waals surface area contributed by atoms with Gasteiger partial charge in [0.2, 0.25) is 0 Å². The van der Waals surface area contributed by atoms with Crippen molar-refractivity contribution in [3.63, 3.8) is 0 Å². The lowest BCUT2D eigenvalue weighted by atomic mass is 10.2. The summed E-state index contributed by atoms with van der Waals surface area (Å²) in [7, 11) is 1.32. The van der Waals surface area contributed by atoms with Gasteiger partial charge < -0.3 is 9.47 Å². The monoisotopic (exact) mass is 376 g/mol. The summed E-state index contributed by atoms with van der Waals surface area (Å²) in [5.74, 6) is -0.203. The number of fused-ring (bicyclic) bond motifs is 1. The first-order valence-corrected chi connectivity index (χ1v) is 8.42. The SMILES string of the molecule is COC(=O)c1ccc2nc(NC(=O)COc3ccc(Cl)cc3)sc2c1. The fraction of sp³-hybridized carbons (Fsp3) is 0.118. The summed E-state index contributed by atoms with van der Waals surface area (Å²) in [5, 5.41) is 3.70. The number of nitrogens with one attached hydrogen (secondary N) is 1. The number of carbonyl (C=O) groups is 2. The van der Waals surface area contributed by atoms with Crippen LogP contribution in [-0.2, 0) is 9.53 Å². The highest BCUT2D eigenvalue weighted by Gasteiger charge is 2.11. The lowest BCUT2D eigenvalue weighted by Gasteiger charge is -2.05. The number of halogens is 1. The first-order chi connectivity index (χ1) is 12.0. The van der Waals surface area contributed by atoms with Gasteiger partial charge in [-0.2, -0.15) is 0 Å². The average Bonchev–Trinajstić information content (AvgIpc) is 3.01. The molecule has 0 saturated heterocycles. The lowest BCUT2D eigenvalue weighted by molar-refractivity contribution is -0.118. The van der Waals surface area contributed by atoms with Gasteiger partial charge in [0.1, 0.15) is 5.75 Å². The molecule has 0 aliphatic carbocycles. The molecule has 0 aliphatic heterocycles. The zero-order valence-corrected chi connectivity index (χ0v) is 14.7. The Morgan fingerprint density at radius 1 is 1.20 bits per heavy atom. The number of rotatable bonds is 5. The van der Waals surface area contributed by atoms with Crippen molar-refractivity contribution in [1.29, 1.82) is 0 Å². The highest BCUT2D eigenvalue weighted by molar-refractivity contribution is 7.22. The summed E-state index contributed by atoms with van der Waals surface area (Å²) in [4.78, 5) is 27.8. The number of thiazole rings is 1. The molecule has 128 valence electrons. The molecule has 1 amide bonds. The Morgan fingerprint density at radius 2 is 1.96 bits per heavy atom. The van der Waals surface area contributed by atoms with E-state index in [-0.39, 0.29) is 12.5 Å². The minimum atomic E-state index is -0.419. The van der Waals surface area contributed by atoms with Crippen LogP contribution in [0.5, 0.6) is 5.75 Å². The number of hydrogen-bond donors (Lipinski definition) is 1. The van der Waals surface area contributed by atoms with E-state index in [1.807, 2.05) is 0 Å². The van der Waals surface area contributed by atoms with Gasteiger partial charge in [0.25, 0.3) is 5.91 Å². The van der Waals surface area contributed by atoms with E-state index in [0.29, 0.717) is 27.0 Å². The van der Waals surface area contributed by atoms with E-state index >= 15 is 0 Å². The Bertz CT molecular complexity index is 924. The Kier molecular flexibility index (Phi) is 5.16. The molecule has 6 nitrogen and oxygen atoms in total. The Morgan fingerprint density at radius 3 is 2.68 bits per heavy atom. The van der Waals surface area contributed by atoms with Gasteiger partial charge in [-0.3, -0.25) is 10.1 Å². The first-order valence-electron chi connectivity index (χ1n) is 7.22. The summed E-state index contributed by atoms with van der Waals surface area (Å²) in [6.07, 6.45) is 0. The predicted molar refractivity (Wildman–Crippen MR) is 96.5 cm³/mol. The van der Waals surface area contributed by atoms with Crippen LogP contribution in [0.15, 0.2) is 42.5 Å². The van der Waals surface area contributed by atoms with Crippen molar-refractivity contribution < 1.29 is 19.1 Å². The highest BCUT2D eigenvalue weighted by atomic mass is 35.5. The van der Waals surface area contributed by atoms with Gasteiger partial charge in [0, 0.05) is 5.02 Å². The molecule has 1 N–H and O–H groups in total. The Labute approximate surface area is 152 Å². The van der Waals surface area contributed by atoms with E-state index in [1.54, 1.807) is 42.5 Å². The van der Waals surface area contributed by atoms with Crippen molar-refractivity contribution in [2.24, 2.45) is 0 Å². The number of carbonyl (C=O) groups excluding carboxylic acids is 2. The lowest BCUT2D eigenvalue weighted by Crippen LogP contribution is -2.19. The molecule has 0 fully saturated rings. The molecule has 0 bridgehead atoms. The fourth-order valence-electron chi connectivity index (χ4n) is 2.06. The van der Waals surface area contributed by atoms with Gasteiger partial charge in [-0.25, -0.2) is 9.78 Å². The standard InChI is InChI=1S/C17H13ClN2O4S/c1-23-16(22)10-2-7-13-14(8-10)25-17(19-13)20-15(21)9-24-12-5-3-11(18)4-6-12/h2-8H,9H2,1H3,(H,19,20,21). The first kappa shape index (κ1) is 17.2. The highest BCUT2D eigenvalue weighted by Crippen LogP contribution is 2.27. The molecule has 3 rings (SSSR count). The molecule has 0 radical (unpaired) electrons. The zero-order valence-electron chi connectivity index (χ0n) is 13.1. The molecule has 8 heteroatoms. The number of aromatic nitrogens is 1. The van der Waals surface area contributed by atoms with Crippen molar-refractivity contribution in [2.75, 3.05) is 19.0 Å². The second-order valence-electron chi connectivity index (χ2n) is 4.98. The van der Waals surface area contributed by atoms with Crippen LogP contribution in [0.4, 0.5) is 5.13 Å². The number of nitrogens with zero attached hydrogens (tertiary/aromatic N) is 1. The largest absolute Gasteiger partial charge is 0.484 e. The van der Waals surface area contributed by atoms with Crippen LogP contribution < -0.4 is 10.1 Å². The number of amides is 1. The maximum atomic E-state index is 12.0. The third kappa shape index (κ3) is 4.26. The quantitative estimate of drug-likeness (QED) is 0.686. The molecule has 0 saturated carbocycles. The average molecular weight is 377 g/mol. The normalized spacial score (nSPS) is 10.5. The molecule has 0 spiro atoms. The van der Waals surface area contributed by atoms with Crippen molar-refractivity contribution in [2.45, 2.75) is 0 Å². The van der Waals surface area contributed by atoms with E-state index in [0.717, 1.165) is 4.70 Å². The molecular weight excluding hydrogens is 364 g/mol. The third-order valence-corrected chi connectivity index (χ3v) is 4.43. The molecule has 3 aromatic rings. The van der Waals surface area contributed by atoms with E-state index in [9.17, 15) is 9.59 Å². The number of esters is 1.